The fraction of sp³-hybridized carbons (Fsp3) is 0.696. The highest BCUT2D eigenvalue weighted by Gasteiger charge is 2.37. The number of rotatable bonds is 29. The van der Waals surface area contributed by atoms with Gasteiger partial charge in [-0.05, 0) is 115 Å². The summed E-state index contributed by atoms with van der Waals surface area (Å²) in [6.45, 7) is 9.02. The third-order valence-corrected chi connectivity index (χ3v) is 13.9. The Morgan fingerprint density at radius 3 is 1.53 bits per heavy atom. The first-order chi connectivity index (χ1) is 40.3. The molecule has 1 aromatic carbocycles. The lowest BCUT2D eigenvalue weighted by Gasteiger charge is -2.29. The van der Waals surface area contributed by atoms with Crippen LogP contribution in [0.4, 0.5) is 0 Å². The summed E-state index contributed by atoms with van der Waals surface area (Å²) >= 11 is 0. The molecule has 0 aromatic heterocycles. The molecule has 1 aliphatic rings. The van der Waals surface area contributed by atoms with Gasteiger partial charge in [0, 0.05) is 19.4 Å². The highest BCUT2D eigenvalue weighted by atomic mass is 16.3. The summed E-state index contributed by atoms with van der Waals surface area (Å²) in [5.74, 6) is -9.43. The maximum Gasteiger partial charge on any atom is 0.245 e. The van der Waals surface area contributed by atoms with Crippen molar-refractivity contribution in [2.75, 3.05) is 39.3 Å². The lowest BCUT2D eigenvalue weighted by Crippen LogP contribution is -2.62. The fourth-order valence-electron chi connectivity index (χ4n) is 9.15. The van der Waals surface area contributed by atoms with Crippen molar-refractivity contribution in [3.05, 3.63) is 35.9 Å². The third kappa shape index (κ3) is 27.4. The van der Waals surface area contributed by atoms with Gasteiger partial charge in [-0.1, -0.05) is 77.3 Å². The number of carbonyl (C=O) groups is 11. The van der Waals surface area contributed by atoms with Crippen LogP contribution in [0.25, 0.3) is 0 Å². The number of aliphatic hydroxyl groups is 2. The number of hydrogen-bond donors (Lipinski definition) is 18. The van der Waals surface area contributed by atoms with Gasteiger partial charge in [0.05, 0.1) is 12.2 Å². The summed E-state index contributed by atoms with van der Waals surface area (Å²) in [4.78, 5) is 154. The minimum atomic E-state index is -1.70. The molecule has 1 fully saturated rings. The van der Waals surface area contributed by atoms with Gasteiger partial charge in [0.2, 0.25) is 65.0 Å². The summed E-state index contributed by atoms with van der Waals surface area (Å²) in [5.41, 5.74) is 29.9. The topological polar surface area (TPSA) is 491 Å². The number of benzene rings is 1. The van der Waals surface area contributed by atoms with Crippen LogP contribution in [0.15, 0.2) is 30.3 Å². The first-order valence-electron chi connectivity index (χ1n) is 29.5. The fourth-order valence-corrected chi connectivity index (χ4v) is 9.15. The molecule has 1 aliphatic heterocycles. The van der Waals surface area contributed by atoms with Crippen LogP contribution in [0.2, 0.25) is 0 Å². The van der Waals surface area contributed by atoms with Gasteiger partial charge < -0.3 is 97.4 Å². The highest BCUT2D eigenvalue weighted by molar-refractivity contribution is 5.99. The van der Waals surface area contributed by atoms with Crippen molar-refractivity contribution in [3.63, 3.8) is 0 Å². The Morgan fingerprint density at radius 2 is 1.02 bits per heavy atom. The minimum absolute atomic E-state index is 0.0168. The maximum atomic E-state index is 14.5. The summed E-state index contributed by atoms with van der Waals surface area (Å²) in [6, 6.07) is -6.23. The lowest BCUT2D eigenvalue weighted by molar-refractivity contribution is -0.137. The molecule has 0 saturated carbocycles. The van der Waals surface area contributed by atoms with Gasteiger partial charge in [0.1, 0.15) is 60.4 Å². The first-order valence-corrected chi connectivity index (χ1v) is 29.5. The molecule has 29 heteroatoms. The van der Waals surface area contributed by atoms with Crippen LogP contribution in [0.5, 0.6) is 0 Å². The predicted molar refractivity (Wildman–Crippen MR) is 316 cm³/mol. The molecular weight excluding hydrogens is 1100 g/mol. The third-order valence-electron chi connectivity index (χ3n) is 13.9. The van der Waals surface area contributed by atoms with Gasteiger partial charge >= 0.3 is 0 Å². The Bertz CT molecular complexity index is 2310. The van der Waals surface area contributed by atoms with Gasteiger partial charge in [-0.15, -0.1) is 0 Å². The Hall–Kier alpha value is -6.89. The second-order valence-electron chi connectivity index (χ2n) is 22.3. The van der Waals surface area contributed by atoms with Crippen LogP contribution in [0, 0.1) is 11.8 Å². The monoisotopic (exact) mass is 1200 g/mol. The van der Waals surface area contributed by atoms with Gasteiger partial charge in [-0.25, -0.2) is 0 Å². The predicted octanol–water partition coefficient (Wildman–Crippen LogP) is -5.24. The number of carbonyl (C=O) groups excluding carboxylic acids is 11. The van der Waals surface area contributed by atoms with Crippen molar-refractivity contribution in [3.8, 4) is 0 Å². The quantitative estimate of drug-likeness (QED) is 0.0333. The van der Waals surface area contributed by atoms with Crippen molar-refractivity contribution in [2.24, 2.45) is 40.5 Å². The second kappa shape index (κ2) is 39.7. The first kappa shape index (κ1) is 74.2. The largest absolute Gasteiger partial charge is 0.391 e. The molecule has 11 amide bonds. The van der Waals surface area contributed by atoms with E-state index in [4.69, 9.17) is 28.7 Å². The Kier molecular flexibility index (Phi) is 34.6. The van der Waals surface area contributed by atoms with E-state index in [1.807, 2.05) is 0 Å². The molecule has 0 aliphatic carbocycles. The van der Waals surface area contributed by atoms with E-state index in [0.29, 0.717) is 17.9 Å². The zero-order valence-corrected chi connectivity index (χ0v) is 50.2. The van der Waals surface area contributed by atoms with Crippen LogP contribution in [0.3, 0.4) is 0 Å². The maximum absolute atomic E-state index is 14.5. The number of amides is 11. The van der Waals surface area contributed by atoms with Crippen molar-refractivity contribution >= 4 is 65.0 Å². The number of aliphatic hydroxyl groups excluding tert-OH is 2. The van der Waals surface area contributed by atoms with E-state index in [1.54, 1.807) is 44.2 Å². The van der Waals surface area contributed by atoms with E-state index in [0.717, 1.165) is 19.3 Å². The zero-order valence-electron chi connectivity index (χ0n) is 50.2. The molecule has 12 atom stereocenters. The van der Waals surface area contributed by atoms with Crippen molar-refractivity contribution < 1.29 is 63.0 Å². The molecule has 0 spiro atoms. The summed E-state index contributed by atoms with van der Waals surface area (Å²) in [7, 11) is 0. The van der Waals surface area contributed by atoms with Crippen LogP contribution >= 0.6 is 0 Å². The number of nitrogens with one attached hydrogen (secondary N) is 11. The highest BCUT2D eigenvalue weighted by Crippen LogP contribution is 2.13. The smallest absolute Gasteiger partial charge is 0.245 e. The Balaban J connectivity index is 2.67. The molecule has 1 saturated heterocycles. The van der Waals surface area contributed by atoms with Crippen LogP contribution in [0.1, 0.15) is 124 Å². The molecule has 0 bridgehead atoms. The summed E-state index contributed by atoms with van der Waals surface area (Å²) < 4.78 is 0. The number of unbranched alkanes of at least 4 members (excludes halogenated alkanes) is 2. The van der Waals surface area contributed by atoms with Crippen molar-refractivity contribution in [1.82, 2.24) is 58.5 Å². The van der Waals surface area contributed by atoms with E-state index in [9.17, 15) is 63.0 Å². The standard InChI is InChI=1S/C56H98N16O13/c1-31(2)13-9-7-12-16-44(75)63-36(17-23-57)51(80)72-46(34(6)74)56(85)68-39(20-26-60)48(77)67-41-22-28-62-55(84)45(33(5)73)71-52(81)40(21-27-61)65-47(76)37(18-24-58)66-53(82)42(29-32(3)4)69-54(83)43(30-35-14-10-8-11-15-35)70-49(78)38(19-25-59)64-50(41)79/h8,10-11,14-15,31-34,36-43,45-46,73-74H,7,9,12-13,16-30,57-61H2,1-6H3,(H,62,84)(H,63,75)(H,64,79)(H,65,76)(H,66,82)(H,67,77)(H,68,85)(H,69,83)(H,70,78)(H,71,81)(H,72,80). The summed E-state index contributed by atoms with van der Waals surface area (Å²) in [5, 5.41) is 49.7. The van der Waals surface area contributed by atoms with Crippen LogP contribution < -0.4 is 87.2 Å². The molecule has 0 radical (unpaired) electrons. The van der Waals surface area contributed by atoms with E-state index in [1.165, 1.54) is 13.8 Å². The normalized spacial score (nSPS) is 22.6. The van der Waals surface area contributed by atoms with Gasteiger partial charge in [0.15, 0.2) is 0 Å². The summed E-state index contributed by atoms with van der Waals surface area (Å²) in [6.07, 6.45) is -1.04. The van der Waals surface area contributed by atoms with Gasteiger partial charge in [0.25, 0.3) is 0 Å². The van der Waals surface area contributed by atoms with Crippen molar-refractivity contribution in [2.45, 2.75) is 198 Å². The molecule has 2 rings (SSSR count). The Morgan fingerprint density at radius 1 is 0.529 bits per heavy atom. The van der Waals surface area contributed by atoms with E-state index in [2.05, 4.69) is 72.3 Å². The SMILES string of the molecule is CC(C)CCCCCC(=O)NC(CCN)C(=O)NC(C(=O)NC(CCN)C(=O)NC1CCNC(=O)C(C(C)O)NC(=O)C(CCN)NC(=O)C(CCN)NC(=O)C(CC(C)C)NC(=O)C(Cc2ccccc2)NC(=O)C(CCN)NC1=O)C(C)O. The van der Waals surface area contributed by atoms with Crippen molar-refractivity contribution in [1.29, 1.82) is 0 Å². The molecule has 1 heterocycles. The average molecular weight is 1200 g/mol. The molecule has 29 nitrogen and oxygen atoms in total. The second-order valence-corrected chi connectivity index (χ2v) is 22.3. The molecule has 12 unspecified atom stereocenters. The Labute approximate surface area is 498 Å². The van der Waals surface area contributed by atoms with E-state index >= 15 is 0 Å². The molecule has 85 heavy (non-hydrogen) atoms. The molecule has 480 valence electrons. The van der Waals surface area contributed by atoms with Gasteiger partial charge in [-0.2, -0.15) is 0 Å². The number of nitrogens with two attached hydrogens (primary N) is 5. The van der Waals surface area contributed by atoms with Gasteiger partial charge in [-0.3, -0.25) is 52.7 Å². The molecule has 23 N–H and O–H groups in total. The van der Waals surface area contributed by atoms with Crippen LogP contribution in [-0.2, 0) is 59.2 Å². The average Bonchev–Trinajstić information content (AvgIpc) is 3.67. The molecular formula is C56H98N16O13. The lowest BCUT2D eigenvalue weighted by atomic mass is 10.00. The zero-order chi connectivity index (χ0) is 63.8. The van der Waals surface area contributed by atoms with Crippen LogP contribution in [-0.4, -0.2) is 187 Å². The van der Waals surface area contributed by atoms with E-state index < -0.39 is 151 Å². The number of hydrogen-bond acceptors (Lipinski definition) is 18. The van der Waals surface area contributed by atoms with E-state index in [-0.39, 0.29) is 90.0 Å². The minimum Gasteiger partial charge on any atom is -0.391 e. The molecule has 1 aromatic rings.